The van der Waals surface area contributed by atoms with Crippen molar-refractivity contribution in [2.75, 3.05) is 37.8 Å². The van der Waals surface area contributed by atoms with Gasteiger partial charge in [-0.3, -0.25) is 9.10 Å². The van der Waals surface area contributed by atoms with Crippen molar-refractivity contribution < 1.29 is 17.9 Å². The fourth-order valence-electron chi connectivity index (χ4n) is 3.09. The summed E-state index contributed by atoms with van der Waals surface area (Å²) in [5.74, 6) is -0.00854. The van der Waals surface area contributed by atoms with Crippen molar-refractivity contribution in [1.82, 2.24) is 10.2 Å². The minimum atomic E-state index is -3.74. The predicted octanol–water partition coefficient (Wildman–Crippen LogP) is 1.71. The van der Waals surface area contributed by atoms with Gasteiger partial charge >= 0.3 is 0 Å². The second-order valence-corrected chi connectivity index (χ2v) is 8.93. The molecule has 1 fully saturated rings. The SMILES string of the molecule is COc1ccc(Cl)cc1N(C(C)C(=O)NC1CCN(C)CC1)S(C)(=O)=O. The number of carbonyl (C=O) groups excluding carboxylic acids is 1. The highest BCUT2D eigenvalue weighted by atomic mass is 35.5. The summed E-state index contributed by atoms with van der Waals surface area (Å²) in [4.78, 5) is 14.9. The van der Waals surface area contributed by atoms with Crippen LogP contribution in [0.2, 0.25) is 5.02 Å². The van der Waals surface area contributed by atoms with E-state index in [0.717, 1.165) is 36.5 Å². The number of amides is 1. The Bertz CT molecular complexity index is 748. The number of likely N-dealkylation sites (tertiary alicyclic amines) is 1. The molecule has 7 nitrogen and oxygen atoms in total. The Balaban J connectivity index is 2.27. The summed E-state index contributed by atoms with van der Waals surface area (Å²) in [5, 5.41) is 3.33. The monoisotopic (exact) mass is 403 g/mol. The van der Waals surface area contributed by atoms with E-state index in [1.54, 1.807) is 19.1 Å². The minimum absolute atomic E-state index is 0.0452. The molecule has 0 saturated carbocycles. The van der Waals surface area contributed by atoms with Crippen LogP contribution in [0.25, 0.3) is 0 Å². The Labute approximate surface area is 160 Å². The van der Waals surface area contributed by atoms with Crippen LogP contribution in [0.3, 0.4) is 0 Å². The number of sulfonamides is 1. The van der Waals surface area contributed by atoms with Gasteiger partial charge in [-0.2, -0.15) is 0 Å². The maximum Gasteiger partial charge on any atom is 0.243 e. The van der Waals surface area contributed by atoms with E-state index < -0.39 is 16.1 Å². The molecule has 0 radical (unpaired) electrons. The van der Waals surface area contributed by atoms with Crippen molar-refractivity contribution in [2.45, 2.75) is 31.8 Å². The Kier molecular flexibility index (Phi) is 6.76. The largest absolute Gasteiger partial charge is 0.495 e. The molecule has 2 rings (SSSR count). The molecule has 0 bridgehead atoms. The van der Waals surface area contributed by atoms with E-state index in [2.05, 4.69) is 10.2 Å². The molecule has 1 atom stereocenters. The summed E-state index contributed by atoms with van der Waals surface area (Å²) in [6.45, 7) is 3.36. The first-order chi connectivity index (χ1) is 12.1. The van der Waals surface area contributed by atoms with Gasteiger partial charge in [0.2, 0.25) is 15.9 Å². The van der Waals surface area contributed by atoms with Crippen LogP contribution in [-0.2, 0) is 14.8 Å². The van der Waals surface area contributed by atoms with Gasteiger partial charge in [0.25, 0.3) is 0 Å². The highest BCUT2D eigenvalue weighted by Crippen LogP contribution is 2.34. The van der Waals surface area contributed by atoms with E-state index in [1.807, 2.05) is 7.05 Å². The van der Waals surface area contributed by atoms with Crippen LogP contribution in [0, 0.1) is 0 Å². The van der Waals surface area contributed by atoms with Gasteiger partial charge < -0.3 is 15.0 Å². The van der Waals surface area contributed by atoms with Crippen LogP contribution in [-0.4, -0.2) is 64.8 Å². The average Bonchev–Trinajstić information content (AvgIpc) is 2.56. The normalized spacial score (nSPS) is 17.6. The molecule has 1 heterocycles. The van der Waals surface area contributed by atoms with E-state index in [9.17, 15) is 13.2 Å². The molecule has 0 aliphatic carbocycles. The van der Waals surface area contributed by atoms with E-state index in [-0.39, 0.29) is 17.6 Å². The molecule has 1 N–H and O–H groups in total. The van der Waals surface area contributed by atoms with Gasteiger partial charge in [0, 0.05) is 11.1 Å². The second-order valence-electron chi connectivity index (χ2n) is 6.64. The first-order valence-electron chi connectivity index (χ1n) is 8.45. The number of halogens is 1. The molecule has 146 valence electrons. The van der Waals surface area contributed by atoms with Crippen molar-refractivity contribution >= 4 is 33.2 Å². The van der Waals surface area contributed by atoms with Gasteiger partial charge in [0.05, 0.1) is 19.1 Å². The highest BCUT2D eigenvalue weighted by molar-refractivity contribution is 7.92. The Hall–Kier alpha value is -1.51. The minimum Gasteiger partial charge on any atom is -0.495 e. The zero-order valence-electron chi connectivity index (χ0n) is 15.5. The molecule has 0 spiro atoms. The van der Waals surface area contributed by atoms with Gasteiger partial charge in [0.15, 0.2) is 0 Å². The third-order valence-corrected chi connectivity index (χ3v) is 5.99. The number of piperidine rings is 1. The zero-order chi connectivity index (χ0) is 19.5. The topological polar surface area (TPSA) is 79.0 Å². The van der Waals surface area contributed by atoms with E-state index in [0.29, 0.717) is 10.8 Å². The molecule has 1 unspecified atom stereocenters. The number of carbonyl (C=O) groups is 1. The molecule has 26 heavy (non-hydrogen) atoms. The third kappa shape index (κ3) is 5.02. The van der Waals surface area contributed by atoms with Gasteiger partial charge in [-0.15, -0.1) is 0 Å². The first kappa shape index (κ1) is 20.8. The van der Waals surface area contributed by atoms with Crippen LogP contribution < -0.4 is 14.4 Å². The summed E-state index contributed by atoms with van der Waals surface area (Å²) in [6, 6.07) is 3.78. The van der Waals surface area contributed by atoms with Gasteiger partial charge in [-0.05, 0) is 58.1 Å². The van der Waals surface area contributed by atoms with Crippen molar-refractivity contribution in [2.24, 2.45) is 0 Å². The van der Waals surface area contributed by atoms with E-state index >= 15 is 0 Å². The molecule has 1 aliphatic heterocycles. The molecule has 1 amide bonds. The first-order valence-corrected chi connectivity index (χ1v) is 10.7. The summed E-state index contributed by atoms with van der Waals surface area (Å²) in [6.07, 6.45) is 2.75. The fraction of sp³-hybridized carbons (Fsp3) is 0.588. The summed E-state index contributed by atoms with van der Waals surface area (Å²) >= 11 is 6.04. The molecule has 1 aromatic rings. The number of ether oxygens (including phenoxy) is 1. The van der Waals surface area contributed by atoms with Crippen LogP contribution in [0.1, 0.15) is 19.8 Å². The summed E-state index contributed by atoms with van der Waals surface area (Å²) < 4.78 is 31.2. The standard InChI is InChI=1S/C17H26ClN3O4S/c1-12(17(22)19-14-7-9-20(2)10-8-14)21(26(4,23)24)15-11-13(18)5-6-16(15)25-3/h5-6,11-12,14H,7-10H2,1-4H3,(H,19,22). The molecule has 0 aromatic heterocycles. The molecule has 1 aliphatic rings. The molecule has 9 heteroatoms. The third-order valence-electron chi connectivity index (χ3n) is 4.53. The number of rotatable bonds is 6. The number of nitrogens with one attached hydrogen (secondary N) is 1. The lowest BCUT2D eigenvalue weighted by Gasteiger charge is -2.33. The van der Waals surface area contributed by atoms with E-state index in [4.69, 9.17) is 16.3 Å². The van der Waals surface area contributed by atoms with Gasteiger partial charge in [0.1, 0.15) is 11.8 Å². The number of nitrogens with zero attached hydrogens (tertiary/aromatic N) is 2. The average molecular weight is 404 g/mol. The maximum absolute atomic E-state index is 12.7. The molecular weight excluding hydrogens is 378 g/mol. The van der Waals surface area contributed by atoms with Crippen molar-refractivity contribution in [3.05, 3.63) is 23.2 Å². The summed E-state index contributed by atoms with van der Waals surface area (Å²) in [7, 11) is -0.255. The van der Waals surface area contributed by atoms with Crippen LogP contribution in [0.5, 0.6) is 5.75 Å². The quantitative estimate of drug-likeness (QED) is 0.782. The number of hydrogen-bond acceptors (Lipinski definition) is 5. The predicted molar refractivity (Wildman–Crippen MR) is 103 cm³/mol. The summed E-state index contributed by atoms with van der Waals surface area (Å²) in [5.41, 5.74) is 0.244. The lowest BCUT2D eigenvalue weighted by molar-refractivity contribution is -0.122. The Morgan fingerprint density at radius 2 is 2.00 bits per heavy atom. The fourth-order valence-corrected chi connectivity index (χ4v) is 4.43. The Morgan fingerprint density at radius 3 is 2.54 bits per heavy atom. The van der Waals surface area contributed by atoms with Crippen LogP contribution in [0.4, 0.5) is 5.69 Å². The zero-order valence-corrected chi connectivity index (χ0v) is 17.1. The maximum atomic E-state index is 12.7. The Morgan fingerprint density at radius 1 is 1.38 bits per heavy atom. The van der Waals surface area contributed by atoms with Crippen molar-refractivity contribution in [1.29, 1.82) is 0 Å². The molecule has 1 saturated heterocycles. The molecule has 1 aromatic carbocycles. The van der Waals surface area contributed by atoms with Gasteiger partial charge in [-0.25, -0.2) is 8.42 Å². The molecular formula is C17H26ClN3O4S. The number of benzene rings is 1. The smallest absolute Gasteiger partial charge is 0.243 e. The number of anilines is 1. The lowest BCUT2D eigenvalue weighted by Crippen LogP contribution is -2.52. The number of hydrogen-bond donors (Lipinski definition) is 1. The number of methoxy groups -OCH3 is 1. The van der Waals surface area contributed by atoms with Crippen LogP contribution >= 0.6 is 11.6 Å². The van der Waals surface area contributed by atoms with E-state index in [1.165, 1.54) is 13.2 Å². The van der Waals surface area contributed by atoms with Gasteiger partial charge in [-0.1, -0.05) is 11.6 Å². The van der Waals surface area contributed by atoms with Crippen molar-refractivity contribution in [3.8, 4) is 5.75 Å². The van der Waals surface area contributed by atoms with Crippen molar-refractivity contribution in [3.63, 3.8) is 0 Å². The van der Waals surface area contributed by atoms with Crippen LogP contribution in [0.15, 0.2) is 18.2 Å². The lowest BCUT2D eigenvalue weighted by atomic mass is 10.1. The second kappa shape index (κ2) is 8.45. The highest BCUT2D eigenvalue weighted by Gasteiger charge is 2.32.